The van der Waals surface area contributed by atoms with Crippen LogP contribution < -0.4 is 0 Å². The van der Waals surface area contributed by atoms with E-state index in [0.29, 0.717) is 29.7 Å². The molecule has 0 amide bonds. The minimum Gasteiger partial charge on any atom is -0.508 e. The first-order valence-corrected chi connectivity index (χ1v) is 21.6. The smallest absolute Gasteiger partial charge is 0.163 e. The van der Waals surface area contributed by atoms with Gasteiger partial charge in [-0.1, -0.05) is 65.0 Å². The Morgan fingerprint density at radius 3 is 2.32 bits per heavy atom. The average Bonchev–Trinajstić information content (AvgIpc) is 3.60. The molecule has 3 unspecified atom stereocenters. The van der Waals surface area contributed by atoms with Crippen LogP contribution in [0.2, 0.25) is 0 Å². The Morgan fingerprint density at radius 2 is 1.60 bits per heavy atom. The van der Waals surface area contributed by atoms with Crippen molar-refractivity contribution in [3.05, 3.63) is 59.9 Å². The van der Waals surface area contributed by atoms with Gasteiger partial charge in [0.05, 0.1) is 61.5 Å². The molecule has 5 aliphatic carbocycles. The zero-order chi connectivity index (χ0) is 40.8. The largest absolute Gasteiger partial charge is 0.508 e. The molecule has 2 aromatic rings. The summed E-state index contributed by atoms with van der Waals surface area (Å²) in [6.45, 7) is 27.9. The topological polar surface area (TPSA) is 117 Å². The Bertz CT molecular complexity index is 1950. The second-order valence-corrected chi connectivity index (χ2v) is 21.8. The van der Waals surface area contributed by atoms with Gasteiger partial charge in [0.25, 0.3) is 0 Å². The quantitative estimate of drug-likeness (QED) is 0.219. The van der Waals surface area contributed by atoms with E-state index in [2.05, 4.69) is 78.4 Å². The number of aliphatic hydroxyl groups excluding tert-OH is 2. The molecule has 57 heavy (non-hydrogen) atoms. The summed E-state index contributed by atoms with van der Waals surface area (Å²) in [4.78, 5) is 0. The van der Waals surface area contributed by atoms with Crippen molar-refractivity contribution in [1.82, 2.24) is 15.0 Å². The molecule has 10 nitrogen and oxygen atoms in total. The van der Waals surface area contributed by atoms with Crippen LogP contribution in [0.25, 0.3) is 11.4 Å². The molecule has 3 heterocycles. The third-order valence-electron chi connectivity index (χ3n) is 17.4. The van der Waals surface area contributed by atoms with E-state index in [4.69, 9.17) is 23.7 Å². The highest BCUT2D eigenvalue weighted by molar-refractivity contribution is 5.57. The van der Waals surface area contributed by atoms with Gasteiger partial charge in [0.1, 0.15) is 11.5 Å². The zero-order valence-corrected chi connectivity index (χ0v) is 36.1. The Morgan fingerprint density at radius 1 is 0.877 bits per heavy atom. The number of hydrogen-bond donors (Lipinski definition) is 2. The number of hydrogen-bond acceptors (Lipinski definition) is 9. The summed E-state index contributed by atoms with van der Waals surface area (Å²) in [5.41, 5.74) is 2.85. The third kappa shape index (κ3) is 5.69. The number of fused-ring (bicyclic) bond motifs is 8. The van der Waals surface area contributed by atoms with E-state index in [0.717, 1.165) is 44.4 Å². The molecule has 2 aliphatic heterocycles. The van der Waals surface area contributed by atoms with Crippen LogP contribution in [0.4, 0.5) is 0 Å². The molecular weight excluding hydrogens is 719 g/mol. The molecular formula is C47H67N3O7. The number of rotatable bonds is 6. The van der Waals surface area contributed by atoms with Crippen LogP contribution in [0.5, 0.6) is 0 Å². The van der Waals surface area contributed by atoms with Crippen molar-refractivity contribution in [1.29, 1.82) is 0 Å². The Labute approximate surface area is 339 Å². The van der Waals surface area contributed by atoms with Gasteiger partial charge in [0, 0.05) is 11.0 Å². The molecule has 0 spiro atoms. The summed E-state index contributed by atoms with van der Waals surface area (Å²) >= 11 is 0. The van der Waals surface area contributed by atoms with Crippen LogP contribution in [-0.4, -0.2) is 74.4 Å². The number of allylic oxidation sites excluding steroid dienone is 2. The summed E-state index contributed by atoms with van der Waals surface area (Å²) in [5, 5.41) is 30.9. The Kier molecular flexibility index (Phi) is 8.88. The van der Waals surface area contributed by atoms with Crippen molar-refractivity contribution in [3.63, 3.8) is 0 Å². The van der Waals surface area contributed by atoms with Gasteiger partial charge in [0.2, 0.25) is 0 Å². The van der Waals surface area contributed by atoms with Crippen LogP contribution in [-0.2, 0) is 30.3 Å². The predicted octanol–water partition coefficient (Wildman–Crippen LogP) is 8.96. The van der Waals surface area contributed by atoms with Crippen LogP contribution >= 0.6 is 0 Å². The maximum absolute atomic E-state index is 12.3. The summed E-state index contributed by atoms with van der Waals surface area (Å²) in [6.07, 6.45) is 10.7. The molecule has 4 saturated carbocycles. The lowest BCUT2D eigenvalue weighted by molar-refractivity contribution is -0.405. The van der Waals surface area contributed by atoms with E-state index in [1.807, 2.05) is 44.3 Å². The summed E-state index contributed by atoms with van der Waals surface area (Å²) in [5.74, 6) is -0.225. The van der Waals surface area contributed by atoms with E-state index in [1.54, 1.807) is 4.68 Å². The van der Waals surface area contributed by atoms with E-state index in [1.165, 1.54) is 18.4 Å². The van der Waals surface area contributed by atoms with Gasteiger partial charge in [-0.3, -0.25) is 0 Å². The van der Waals surface area contributed by atoms with E-state index in [9.17, 15) is 10.2 Å². The molecule has 1 aromatic heterocycles. The van der Waals surface area contributed by atoms with Gasteiger partial charge in [0.15, 0.2) is 11.6 Å². The van der Waals surface area contributed by atoms with Crippen molar-refractivity contribution in [2.75, 3.05) is 13.2 Å². The first kappa shape index (κ1) is 39.8. The van der Waals surface area contributed by atoms with Gasteiger partial charge < -0.3 is 33.9 Å². The third-order valence-corrected chi connectivity index (χ3v) is 17.4. The van der Waals surface area contributed by atoms with Gasteiger partial charge in [-0.25, -0.2) is 4.68 Å². The second-order valence-electron chi connectivity index (χ2n) is 21.8. The van der Waals surface area contributed by atoms with E-state index in [-0.39, 0.29) is 57.6 Å². The second kappa shape index (κ2) is 12.7. The summed E-state index contributed by atoms with van der Waals surface area (Å²) in [6, 6.07) is 7.37. The Hall–Kier alpha value is -2.60. The van der Waals surface area contributed by atoms with Crippen molar-refractivity contribution in [2.24, 2.45) is 50.2 Å². The predicted molar refractivity (Wildman–Crippen MR) is 217 cm³/mol. The summed E-state index contributed by atoms with van der Waals surface area (Å²) < 4.78 is 35.7. The summed E-state index contributed by atoms with van der Waals surface area (Å²) in [7, 11) is 0. The normalized spacial score (nSPS) is 45.0. The average molecular weight is 786 g/mol. The minimum atomic E-state index is -0.865. The highest BCUT2D eigenvalue weighted by Gasteiger charge is 2.75. The number of aromatic nitrogens is 3. The Balaban J connectivity index is 1.05. The molecule has 10 heteroatoms. The van der Waals surface area contributed by atoms with Crippen molar-refractivity contribution in [3.8, 4) is 5.69 Å². The standard InChI is InChI=1S/C47H67N3O7/c1-28(51)29-12-14-31(15-13-29)50-24-30(48-49-50)25-53-27-47-33-22-40(2,3)38(52)39(47)57-42(6,7)56-37(47)23-46(11)32(33)16-17-35-43(8)20-19-36-44(9,26-54-41(4,5)55-36)34(43)18-21-45(35,46)10/h12-16,24,33-39,51-52H,1,17-23,25-27H2,2-11H3/t33?,34?,35?,36-,37+,38-,39-,43-,44+,45+,46+,47-/m0/s1. The zero-order valence-electron chi connectivity index (χ0n) is 36.1. The van der Waals surface area contributed by atoms with Gasteiger partial charge in [-0.2, -0.15) is 0 Å². The van der Waals surface area contributed by atoms with Gasteiger partial charge in [-0.05, 0) is 136 Å². The molecule has 0 radical (unpaired) electrons. The first-order chi connectivity index (χ1) is 26.6. The van der Waals surface area contributed by atoms with Crippen LogP contribution in [0, 0.1) is 50.2 Å². The first-order valence-electron chi connectivity index (χ1n) is 21.6. The number of aliphatic hydroxyl groups is 2. The van der Waals surface area contributed by atoms with E-state index >= 15 is 0 Å². The molecule has 1 aromatic carbocycles. The molecule has 312 valence electrons. The highest BCUT2D eigenvalue weighted by atomic mass is 16.7. The maximum Gasteiger partial charge on any atom is 0.163 e. The SMILES string of the molecule is C=C(O)c1ccc(-n2cc(COC[C@@]34C5CC(C)(C)[C@@H](O)[C@@H]3OC(C)(C)O[C@@H]4C[C@]3(C)C5=CCC4[C@@]5(C)CC[C@@H]6OC(C)(C)OC[C@]6(C)C5CC[C@]43C)nn2)cc1. The molecule has 12 atom stereocenters. The molecule has 0 bridgehead atoms. The fraction of sp³-hybridized carbons (Fsp3) is 0.745. The lowest BCUT2D eigenvalue weighted by Gasteiger charge is -2.74. The number of ether oxygens (including phenoxy) is 5. The lowest BCUT2D eigenvalue weighted by Crippen LogP contribution is -2.76. The van der Waals surface area contributed by atoms with Crippen LogP contribution in [0.3, 0.4) is 0 Å². The van der Waals surface area contributed by atoms with Crippen LogP contribution in [0.15, 0.2) is 48.7 Å². The van der Waals surface area contributed by atoms with Crippen molar-refractivity contribution in [2.45, 2.75) is 157 Å². The van der Waals surface area contributed by atoms with Crippen molar-refractivity contribution >= 4 is 5.76 Å². The van der Waals surface area contributed by atoms with Crippen LogP contribution in [0.1, 0.15) is 125 Å². The van der Waals surface area contributed by atoms with Gasteiger partial charge in [-0.15, -0.1) is 5.10 Å². The monoisotopic (exact) mass is 785 g/mol. The maximum atomic E-state index is 12.3. The molecule has 7 aliphatic rings. The minimum absolute atomic E-state index is 0.0100. The fourth-order valence-corrected chi connectivity index (χ4v) is 14.3. The number of benzene rings is 1. The fourth-order valence-electron chi connectivity index (χ4n) is 14.3. The molecule has 2 N–H and O–H groups in total. The molecule has 6 fully saturated rings. The van der Waals surface area contributed by atoms with Gasteiger partial charge >= 0.3 is 0 Å². The number of nitrogens with zero attached hydrogens (tertiary/aromatic N) is 3. The van der Waals surface area contributed by atoms with Crippen molar-refractivity contribution < 1.29 is 33.9 Å². The molecule has 9 rings (SSSR count). The van der Waals surface area contributed by atoms with E-state index < -0.39 is 29.2 Å². The lowest BCUT2D eigenvalue weighted by atomic mass is 9.33. The molecule has 2 saturated heterocycles. The highest BCUT2D eigenvalue weighted by Crippen LogP contribution is 2.77.